The van der Waals surface area contributed by atoms with Gasteiger partial charge in [-0.15, -0.1) is 0 Å². The molecule has 0 atom stereocenters. The van der Waals surface area contributed by atoms with E-state index in [1.165, 1.54) is 5.40 Å². The summed E-state index contributed by atoms with van der Waals surface area (Å²) in [7, 11) is 0. The molecule has 1 nitrogen and oxygen atoms in total. The molecule has 0 spiro atoms. The van der Waals surface area contributed by atoms with Gasteiger partial charge in [0.1, 0.15) is 0 Å². The molecule has 0 fully saturated rings. The van der Waals surface area contributed by atoms with Crippen LogP contribution in [0.25, 0.3) is 0 Å². The van der Waals surface area contributed by atoms with E-state index in [4.69, 9.17) is 5.26 Å². The Labute approximate surface area is 52.7 Å². The molecule has 16 valence electrons. The summed E-state index contributed by atoms with van der Waals surface area (Å²) in [5.41, 5.74) is 0. The van der Waals surface area contributed by atoms with Gasteiger partial charge in [0.25, 0.3) is 0 Å². The average molecular weight is 80.1 g/mol. The Bertz CT molecular complexity index is 29.5. The molecule has 0 heterocycles. The number of rotatable bonds is 0. The van der Waals surface area contributed by atoms with Crippen molar-refractivity contribution in [2.24, 2.45) is 0 Å². The number of hydrogen-bond donors (Lipinski definition) is 0. The molecule has 0 aromatic rings. The fraction of sp³-hybridized carbons (Fsp3) is 0. The first-order chi connectivity index (χ1) is 1.41. The summed E-state index contributed by atoms with van der Waals surface area (Å²) in [5, 5.41) is 8.47. The van der Waals surface area contributed by atoms with Gasteiger partial charge in [-0.25, -0.2) is 5.26 Å². The normalized spacial score (nSPS) is 1.75. The zero-order chi connectivity index (χ0) is 2.71. The van der Waals surface area contributed by atoms with Crippen LogP contribution < -0.4 is 29.6 Å². The molecule has 0 aromatic carbocycles. The fourth-order valence-electron chi connectivity index (χ4n) is 0. The minimum absolute atomic E-state index is 0. The Kier molecular flexibility index (Phi) is 20.6. The van der Waals surface area contributed by atoms with Crippen molar-refractivity contribution in [3.63, 3.8) is 0 Å². The van der Waals surface area contributed by atoms with Gasteiger partial charge in [-0.05, 0) is 0 Å². The van der Waals surface area contributed by atoms with E-state index in [0.29, 0.717) is 0 Å². The molecule has 0 saturated heterocycles. The van der Waals surface area contributed by atoms with E-state index in [0.717, 1.165) is 0 Å². The van der Waals surface area contributed by atoms with E-state index < -0.39 is 0 Å². The number of thiocyanates is 1. The third-order valence-corrected chi connectivity index (χ3v) is 0. The first-order valence-electron chi connectivity index (χ1n) is 0.428. The largest absolute Gasteiger partial charge is 1.00 e. The minimum Gasteiger partial charge on any atom is -0.696 e. The van der Waals surface area contributed by atoms with Crippen LogP contribution in [-0.2, 0) is 12.6 Å². The summed E-state index contributed by atoms with van der Waals surface area (Å²) in [6.07, 6.45) is 0. The summed E-state index contributed by atoms with van der Waals surface area (Å²) in [6, 6.07) is 0. The van der Waals surface area contributed by atoms with Crippen molar-refractivity contribution in [3.05, 3.63) is 0 Å². The van der Waals surface area contributed by atoms with E-state index in [1.54, 1.807) is 0 Å². The predicted octanol–water partition coefficient (Wildman–Crippen LogP) is -2.98. The summed E-state index contributed by atoms with van der Waals surface area (Å²) in [6.45, 7) is 0. The Morgan fingerprint density at radius 3 is 1.75 bits per heavy atom. The summed E-state index contributed by atoms with van der Waals surface area (Å²) in [5.74, 6) is 0. The molecule has 0 unspecified atom stereocenters. The molecule has 0 saturated carbocycles. The van der Waals surface area contributed by atoms with E-state index >= 15 is 0 Å². The van der Waals surface area contributed by atoms with Gasteiger partial charge in [-0.2, -0.15) is 0 Å². The van der Waals surface area contributed by atoms with Crippen LogP contribution in [0.5, 0.6) is 0 Å². The zero-order valence-electron chi connectivity index (χ0n) is 2.36. The molecule has 0 aromatic heterocycles. The van der Waals surface area contributed by atoms with E-state index in [9.17, 15) is 0 Å². The van der Waals surface area contributed by atoms with Gasteiger partial charge in [0.15, 0.2) is 0 Å². The number of hydrogen-bond acceptors (Lipinski definition) is 2. The summed E-state index contributed by atoms with van der Waals surface area (Å²) in [4.78, 5) is 0. The first kappa shape index (κ1) is 8.83. The van der Waals surface area contributed by atoms with Crippen molar-refractivity contribution < 1.29 is 29.6 Å². The monoisotopic (exact) mass is 80.0 g/mol. The van der Waals surface area contributed by atoms with Gasteiger partial charge in [0.2, 0.25) is 0 Å². The standard InChI is InChI=1S/CHNS.Na/c2-1-3;/h3H;/q;+1/p-1/i1-1;. The summed E-state index contributed by atoms with van der Waals surface area (Å²) < 4.78 is 0. The maximum atomic E-state index is 7.13. The second-order valence-electron chi connectivity index (χ2n) is 0.0913. The molecule has 4 heavy (non-hydrogen) atoms. The molecular formula is CNNaS. The van der Waals surface area contributed by atoms with Crippen LogP contribution in [0.3, 0.4) is 0 Å². The summed E-state index contributed by atoms with van der Waals surface area (Å²) >= 11 is 3.70. The van der Waals surface area contributed by atoms with E-state index in [1.807, 2.05) is 0 Å². The molecule has 0 aliphatic carbocycles. The van der Waals surface area contributed by atoms with Gasteiger partial charge in [0, 0.05) is 0 Å². The minimum atomic E-state index is 0. The van der Waals surface area contributed by atoms with Gasteiger partial charge >= 0.3 is 29.6 Å². The molecular weight excluding hydrogens is 80.1 g/mol. The van der Waals surface area contributed by atoms with Crippen LogP contribution >= 0.6 is 0 Å². The SMILES string of the molecule is N#[11C][S-].[Na+]. The van der Waals surface area contributed by atoms with Gasteiger partial charge < -0.3 is 12.6 Å². The Balaban J connectivity index is 0. The van der Waals surface area contributed by atoms with E-state index in [2.05, 4.69) is 12.6 Å². The third-order valence-electron chi connectivity index (χ3n) is 0. The van der Waals surface area contributed by atoms with Crippen molar-refractivity contribution in [3.8, 4) is 5.40 Å². The molecule has 0 radical (unpaired) electrons. The van der Waals surface area contributed by atoms with Crippen molar-refractivity contribution in [2.75, 3.05) is 0 Å². The van der Waals surface area contributed by atoms with Crippen LogP contribution in [0.1, 0.15) is 0 Å². The molecule has 3 heteroatoms. The van der Waals surface area contributed by atoms with E-state index in [-0.39, 0.29) is 29.6 Å². The zero-order valence-corrected chi connectivity index (χ0v) is 5.17. The third kappa shape index (κ3) is 15.7. The van der Waals surface area contributed by atoms with Crippen LogP contribution in [-0.4, -0.2) is 0 Å². The number of nitriles is 1. The first-order valence-corrected chi connectivity index (χ1v) is 0.836. The maximum Gasteiger partial charge on any atom is 1.00 e. The van der Waals surface area contributed by atoms with Gasteiger partial charge in [0.05, 0.1) is 0 Å². The molecule has 0 aliphatic rings. The van der Waals surface area contributed by atoms with Gasteiger partial charge in [-0.1, -0.05) is 5.40 Å². The predicted molar refractivity (Wildman–Crippen MR) is 13.0 cm³/mol. The van der Waals surface area contributed by atoms with Crippen molar-refractivity contribution in [1.29, 1.82) is 5.26 Å². The maximum absolute atomic E-state index is 7.13. The van der Waals surface area contributed by atoms with Crippen molar-refractivity contribution >= 4 is 12.6 Å². The fourth-order valence-corrected chi connectivity index (χ4v) is 0. The van der Waals surface area contributed by atoms with Crippen LogP contribution in [0, 0.1) is 10.7 Å². The number of nitrogens with zero attached hydrogens (tertiary/aromatic N) is 1. The van der Waals surface area contributed by atoms with Crippen LogP contribution in [0.15, 0.2) is 0 Å². The Morgan fingerprint density at radius 1 is 1.75 bits per heavy atom. The molecule has 0 aliphatic heterocycles. The second kappa shape index (κ2) is 9.32. The molecule has 0 bridgehead atoms. The van der Waals surface area contributed by atoms with Crippen LogP contribution in [0.4, 0.5) is 0 Å². The average Bonchev–Trinajstić information content (AvgIpc) is 0.918. The van der Waals surface area contributed by atoms with Crippen LogP contribution in [0.2, 0.25) is 0 Å². The topological polar surface area (TPSA) is 23.8 Å². The van der Waals surface area contributed by atoms with Gasteiger partial charge in [-0.3, -0.25) is 0 Å². The second-order valence-corrected chi connectivity index (χ2v) is 0.274. The van der Waals surface area contributed by atoms with Crippen molar-refractivity contribution in [2.45, 2.75) is 0 Å². The Hall–Kier alpha value is 0.710. The quantitative estimate of drug-likeness (QED) is 0.176. The molecule has 0 amide bonds. The smallest absolute Gasteiger partial charge is 0.696 e. The Morgan fingerprint density at radius 2 is 1.75 bits per heavy atom. The molecule has 0 N–H and O–H groups in total. The van der Waals surface area contributed by atoms with Crippen molar-refractivity contribution in [1.82, 2.24) is 0 Å². The molecule has 0 rings (SSSR count).